The van der Waals surface area contributed by atoms with Gasteiger partial charge in [0, 0.05) is 124 Å². The molecular formula is C91H117F2N21O8S3. The van der Waals surface area contributed by atoms with E-state index in [1.54, 1.807) is 39.0 Å². The molecule has 6 fully saturated rings. The molecule has 0 radical (unpaired) electrons. The number of fused-ring (bicyclic) bond motifs is 4. The van der Waals surface area contributed by atoms with Crippen molar-refractivity contribution in [3.05, 3.63) is 196 Å². The Morgan fingerprint density at radius 3 is 1.18 bits per heavy atom. The predicted octanol–water partition coefficient (Wildman–Crippen LogP) is 10.00. The SMILES string of the molecule is S.S.S.[C-]#[N+]CC1CN(c2nc(OC[C@@H]3CCCN3C)nc3c2CCN(c2cccc(F)c2OC)C3)CCN1C(=O)C=C.[C-]#[N+]CC1CN(c2nc(OC[C@@H]3CCCN3C)nc3c2CCN(c2cccc(OC)c2F)C3)CCN1C(=O)C=C.[C-]#[N+]CC1CN(c2nc(OC[C@@H]3CCCN3C)nc3c2CCN(c2cccc4cccc(C)c24)C3)CCN1C(=O)C=C. The van der Waals surface area contributed by atoms with Crippen LogP contribution in [0.3, 0.4) is 0 Å². The van der Waals surface area contributed by atoms with Crippen LogP contribution in [0.15, 0.2) is 111 Å². The summed E-state index contributed by atoms with van der Waals surface area (Å²) in [6.07, 6.45) is 12.7. The maximum Gasteiger partial charge on any atom is 0.318 e. The number of piperazine rings is 3. The number of aryl methyl sites for hydroxylation is 1. The number of aromatic nitrogens is 6. The number of likely N-dealkylation sites (tertiary alicyclic amines) is 3. The molecule has 34 heteroatoms. The number of amides is 3. The molecular weight excluding hydrogens is 1650 g/mol. The molecule has 29 nitrogen and oxygen atoms in total. The minimum absolute atomic E-state index is 0. The Morgan fingerprint density at radius 1 is 0.448 bits per heavy atom. The third kappa shape index (κ3) is 21.4. The second-order valence-electron chi connectivity index (χ2n) is 32.6. The highest BCUT2D eigenvalue weighted by Gasteiger charge is 2.41. The molecule has 9 aliphatic rings. The number of ether oxygens (including phenoxy) is 5. The highest BCUT2D eigenvalue weighted by molar-refractivity contribution is 7.59. The van der Waals surface area contributed by atoms with E-state index in [0.717, 1.165) is 116 Å². The zero-order chi connectivity index (χ0) is 85.7. The zero-order valence-corrected chi connectivity index (χ0v) is 75.5. The first kappa shape index (κ1) is 94.7. The molecule has 9 aliphatic heterocycles. The fourth-order valence-corrected chi connectivity index (χ4v) is 18.6. The smallest absolute Gasteiger partial charge is 0.318 e. The quantitative estimate of drug-likeness (QED) is 0.0429. The van der Waals surface area contributed by atoms with Gasteiger partial charge in [-0.25, -0.2) is 28.5 Å². The van der Waals surface area contributed by atoms with E-state index < -0.39 is 11.6 Å². The molecule has 3 unspecified atom stereocenters. The van der Waals surface area contributed by atoms with Gasteiger partial charge >= 0.3 is 18.0 Å². The topological polar surface area (TPSA) is 227 Å². The fourth-order valence-electron chi connectivity index (χ4n) is 18.6. The van der Waals surface area contributed by atoms with Crippen LogP contribution in [-0.2, 0) is 53.3 Å². The molecule has 7 aromatic rings. The van der Waals surface area contributed by atoms with Gasteiger partial charge in [0.2, 0.25) is 37.4 Å². The van der Waals surface area contributed by atoms with Crippen LogP contribution in [0.5, 0.6) is 29.5 Å². The Kier molecular flexibility index (Phi) is 33.2. The third-order valence-corrected chi connectivity index (χ3v) is 25.3. The molecule has 666 valence electrons. The number of hydrogen-bond donors (Lipinski definition) is 0. The number of hydrogen-bond acceptors (Lipinski definition) is 23. The lowest BCUT2D eigenvalue weighted by molar-refractivity contribution is -0.129. The summed E-state index contributed by atoms with van der Waals surface area (Å²) in [5.41, 5.74) is 9.38. The minimum atomic E-state index is -0.406. The predicted molar refractivity (Wildman–Crippen MR) is 498 cm³/mol. The maximum absolute atomic E-state index is 15.2. The van der Waals surface area contributed by atoms with Gasteiger partial charge in [0.15, 0.2) is 23.1 Å². The molecule has 3 amide bonds. The maximum atomic E-state index is 15.2. The first-order valence-electron chi connectivity index (χ1n) is 42.4. The number of benzene rings is 4. The average molecular weight is 1770 g/mol. The molecule has 6 atom stereocenters. The Morgan fingerprint density at radius 2 is 0.808 bits per heavy atom. The van der Waals surface area contributed by atoms with E-state index >= 15 is 4.39 Å². The largest absolute Gasteiger partial charge is 0.494 e. The van der Waals surface area contributed by atoms with E-state index in [-0.39, 0.29) is 107 Å². The van der Waals surface area contributed by atoms with Gasteiger partial charge in [0.05, 0.1) is 62.3 Å². The van der Waals surface area contributed by atoms with Crippen molar-refractivity contribution in [1.82, 2.24) is 59.3 Å². The molecule has 0 saturated carbocycles. The van der Waals surface area contributed by atoms with Gasteiger partial charge in [-0.2, -0.15) is 70.4 Å². The van der Waals surface area contributed by atoms with Crippen LogP contribution < -0.4 is 53.1 Å². The van der Waals surface area contributed by atoms with Crippen molar-refractivity contribution in [3.63, 3.8) is 0 Å². The highest BCUT2D eigenvalue weighted by atomic mass is 32.1. The number of nitrogens with zero attached hydrogens (tertiary/aromatic N) is 21. The van der Waals surface area contributed by atoms with Gasteiger partial charge in [0.1, 0.15) is 55.4 Å². The molecule has 3 aromatic heterocycles. The van der Waals surface area contributed by atoms with Crippen LogP contribution in [0.1, 0.15) is 77.9 Å². The van der Waals surface area contributed by atoms with E-state index in [9.17, 15) is 18.8 Å². The molecule has 6 saturated heterocycles. The summed E-state index contributed by atoms with van der Waals surface area (Å²) in [6.45, 7) is 49.1. The molecule has 12 heterocycles. The molecule has 0 bridgehead atoms. The van der Waals surface area contributed by atoms with Gasteiger partial charge in [0.25, 0.3) is 0 Å². The van der Waals surface area contributed by atoms with Gasteiger partial charge in [-0.05, 0) is 165 Å². The number of anilines is 6. The number of likely N-dealkylation sites (N-methyl/N-ethyl adjacent to an activating group) is 3. The Balaban J connectivity index is 0.000000180. The lowest BCUT2D eigenvalue weighted by Crippen LogP contribution is -2.56. The summed E-state index contributed by atoms with van der Waals surface area (Å²) >= 11 is 0. The van der Waals surface area contributed by atoms with Crippen LogP contribution in [0, 0.1) is 38.3 Å². The van der Waals surface area contributed by atoms with Gasteiger partial charge in [-0.1, -0.05) is 62.2 Å². The van der Waals surface area contributed by atoms with Crippen LogP contribution in [0.4, 0.5) is 43.3 Å². The summed E-state index contributed by atoms with van der Waals surface area (Å²) in [7, 11) is 9.28. The van der Waals surface area contributed by atoms with Crippen molar-refractivity contribution < 1.29 is 46.8 Å². The first-order valence-corrected chi connectivity index (χ1v) is 42.4. The summed E-state index contributed by atoms with van der Waals surface area (Å²) in [5, 5.41) is 2.52. The van der Waals surface area contributed by atoms with Gasteiger partial charge in [-0.3, -0.25) is 14.4 Å². The fraction of sp³-hybridized carbons (Fsp3) is 0.495. The standard InChI is InChI=1S/C33H39N7O2.2C29H36FN7O3.3H2S/c1-5-30(41)40-18-17-39(20-26(40)19-34-3)32-27-14-16-38(29-13-7-11-24-10-6-9-23(2)31(24)29)21-28(27)35-33(36-32)42-22-25-12-8-15-37(25)4;1-5-26(38)37-15-14-36(17-21(37)16-31-2)28-22-11-13-35(24-9-6-10-25(39-4)27(24)30)18-23(22)32-29(33-28)40-19-20-8-7-12-34(20)3;1-5-26(38)37-15-14-36(17-21(37)16-31-2)28-22-11-13-35(25-10-6-9-23(30)27(25)39-4)18-24(22)32-29(33-28)40-19-20-8-7-12-34(20)3;;;/h5-7,9-11,13,25-26H,1,8,12,14-22H2,2,4H3;2*5-6,9-10,20-21H,1,7-8,11-19H2,3-4H3;3*1H2/t25-,26?;2*20-,21?;;;/m000.../s1. The second-order valence-corrected chi connectivity index (χ2v) is 32.6. The van der Waals surface area contributed by atoms with Crippen molar-refractivity contribution in [3.8, 4) is 29.5 Å². The van der Waals surface area contributed by atoms with Crippen LogP contribution in [0.25, 0.3) is 25.3 Å². The van der Waals surface area contributed by atoms with E-state index in [1.165, 1.54) is 67.0 Å². The molecule has 125 heavy (non-hydrogen) atoms. The van der Waals surface area contributed by atoms with Crippen molar-refractivity contribution in [2.45, 2.75) is 121 Å². The lowest BCUT2D eigenvalue weighted by atomic mass is 9.99. The summed E-state index contributed by atoms with van der Waals surface area (Å²) in [5.74, 6) is 1.59. The Hall–Kier alpha value is -10.9. The number of carbonyl (C=O) groups is 3. The van der Waals surface area contributed by atoms with Crippen LogP contribution >= 0.6 is 40.5 Å². The Labute approximate surface area is 753 Å². The number of carbonyl (C=O) groups excluding carboxylic acids is 3. The van der Waals surface area contributed by atoms with E-state index in [1.807, 2.05) is 11.0 Å². The van der Waals surface area contributed by atoms with Crippen molar-refractivity contribution >= 4 is 103 Å². The van der Waals surface area contributed by atoms with Crippen LogP contribution in [-0.4, -0.2) is 286 Å². The molecule has 0 aliphatic carbocycles. The van der Waals surface area contributed by atoms with Gasteiger partial charge in [-0.15, -0.1) is 0 Å². The third-order valence-electron chi connectivity index (χ3n) is 25.3. The monoisotopic (exact) mass is 1770 g/mol. The van der Waals surface area contributed by atoms with Crippen molar-refractivity contribution in [1.29, 1.82) is 0 Å². The number of halogens is 2. The summed E-state index contributed by atoms with van der Waals surface area (Å²) in [4.78, 5) is 103. The lowest BCUT2D eigenvalue weighted by Gasteiger charge is -2.41. The van der Waals surface area contributed by atoms with Crippen LogP contribution in [0.2, 0.25) is 0 Å². The zero-order valence-electron chi connectivity index (χ0n) is 72.5. The summed E-state index contributed by atoms with van der Waals surface area (Å²) < 4.78 is 58.9. The average Bonchev–Trinajstić information content (AvgIpc) is 0.996. The van der Waals surface area contributed by atoms with E-state index in [4.69, 9.17) is 73.3 Å². The van der Waals surface area contributed by atoms with E-state index in [2.05, 4.69) is 138 Å². The minimum Gasteiger partial charge on any atom is -0.494 e. The molecule has 0 spiro atoms. The number of methoxy groups -OCH3 is 2. The molecule has 0 N–H and O–H groups in total. The highest BCUT2D eigenvalue weighted by Crippen LogP contribution is 2.41. The normalized spacial score (nSPS) is 20.5. The second kappa shape index (κ2) is 43.8. The van der Waals surface area contributed by atoms with E-state index in [0.29, 0.717) is 172 Å². The number of rotatable bonds is 23. The van der Waals surface area contributed by atoms with Gasteiger partial charge < -0.3 is 97.0 Å². The summed E-state index contributed by atoms with van der Waals surface area (Å²) in [6, 6.07) is 24.3. The molecule has 16 rings (SSSR count). The van der Waals surface area contributed by atoms with Crippen molar-refractivity contribution in [2.24, 2.45) is 0 Å². The van der Waals surface area contributed by atoms with Crippen molar-refractivity contribution in [2.75, 3.05) is 202 Å². The Bertz CT molecular complexity index is 5130. The molecule has 4 aromatic carbocycles. The number of para-hydroxylation sites is 1. The first-order chi connectivity index (χ1) is 59.3.